The average molecular weight is 528 g/mol. The first kappa shape index (κ1) is 27.8. The van der Waals surface area contributed by atoms with Crippen molar-refractivity contribution in [3.05, 3.63) is 24.2 Å². The number of likely N-dealkylation sites (tertiary alicyclic amines) is 1. The molecule has 37 heavy (non-hydrogen) atoms. The summed E-state index contributed by atoms with van der Waals surface area (Å²) in [6.07, 6.45) is -0.0566. The Hall–Kier alpha value is -3.75. The molecule has 1 saturated carbocycles. The van der Waals surface area contributed by atoms with Crippen LogP contribution in [0.4, 0.5) is 13.2 Å². The number of fused-ring (bicyclic) bond motifs is 2. The molecular weight excluding hydrogens is 501 g/mol. The molecule has 3 amide bonds. The second-order valence-electron chi connectivity index (χ2n) is 9.54. The standard InChI is InChI=1S/C20H26N6O4.C2HF3O2/c1-20(2,30)4-6-23-19(29)14-8-11-7-13(11)26(14)16(27)10-25-15-9-22-5-3-12(15)17(24-25)18(21)28;3-2(4,5)1(6)7/h3,5,9,11,13-14,30H,4,6-8,10H2,1-2H3,(H2,21,28)(H,23,29);(H,6,7)/t11-,13-,14+;/m1./s1. The Kier molecular flexibility index (Phi) is 7.76. The molecule has 12 nitrogen and oxygen atoms in total. The van der Waals surface area contributed by atoms with Crippen LogP contribution in [0.15, 0.2) is 18.5 Å². The molecule has 3 heterocycles. The Morgan fingerprint density at radius 1 is 1.22 bits per heavy atom. The summed E-state index contributed by atoms with van der Waals surface area (Å²) >= 11 is 0. The van der Waals surface area contributed by atoms with Crippen LogP contribution in [0.2, 0.25) is 0 Å². The molecule has 0 aromatic carbocycles. The van der Waals surface area contributed by atoms with Crippen molar-refractivity contribution in [3.63, 3.8) is 0 Å². The number of aliphatic hydroxyl groups is 1. The largest absolute Gasteiger partial charge is 0.490 e. The number of carbonyl (C=O) groups is 4. The molecule has 4 rings (SSSR count). The van der Waals surface area contributed by atoms with Gasteiger partial charge >= 0.3 is 12.1 Å². The van der Waals surface area contributed by atoms with Gasteiger partial charge in [0.05, 0.1) is 17.3 Å². The van der Waals surface area contributed by atoms with E-state index in [1.165, 1.54) is 17.1 Å². The number of aliphatic carboxylic acids is 1. The number of carboxylic acid groups (broad SMARTS) is 1. The minimum atomic E-state index is -5.08. The predicted molar refractivity (Wildman–Crippen MR) is 121 cm³/mol. The maximum Gasteiger partial charge on any atom is 0.490 e. The molecule has 1 saturated heterocycles. The van der Waals surface area contributed by atoms with E-state index in [4.69, 9.17) is 15.6 Å². The van der Waals surface area contributed by atoms with Crippen molar-refractivity contribution in [2.75, 3.05) is 6.54 Å². The highest BCUT2D eigenvalue weighted by molar-refractivity contribution is 6.04. The number of hydrogen-bond acceptors (Lipinski definition) is 7. The van der Waals surface area contributed by atoms with Crippen molar-refractivity contribution in [1.29, 1.82) is 0 Å². The summed E-state index contributed by atoms with van der Waals surface area (Å²) < 4.78 is 33.2. The summed E-state index contributed by atoms with van der Waals surface area (Å²) in [5, 5.41) is 24.5. The number of rotatable bonds is 7. The van der Waals surface area contributed by atoms with Crippen LogP contribution in [0.5, 0.6) is 0 Å². The summed E-state index contributed by atoms with van der Waals surface area (Å²) in [6, 6.07) is 1.17. The van der Waals surface area contributed by atoms with Crippen LogP contribution in [-0.4, -0.2) is 84.0 Å². The molecule has 15 heteroatoms. The van der Waals surface area contributed by atoms with Gasteiger partial charge in [0, 0.05) is 24.2 Å². The Labute approximate surface area is 208 Å². The third-order valence-corrected chi connectivity index (χ3v) is 6.05. The molecule has 0 unspecified atom stereocenters. The number of carboxylic acids is 1. The summed E-state index contributed by atoms with van der Waals surface area (Å²) in [6.45, 7) is 3.60. The lowest BCUT2D eigenvalue weighted by molar-refractivity contribution is -0.192. The van der Waals surface area contributed by atoms with Crippen molar-refractivity contribution in [3.8, 4) is 0 Å². The number of amides is 3. The number of pyridine rings is 1. The quantitative estimate of drug-likeness (QED) is 0.399. The second-order valence-corrected chi connectivity index (χ2v) is 9.54. The molecule has 202 valence electrons. The zero-order chi connectivity index (χ0) is 27.7. The van der Waals surface area contributed by atoms with Crippen molar-refractivity contribution in [1.82, 2.24) is 25.0 Å². The molecule has 2 aromatic rings. The van der Waals surface area contributed by atoms with Crippen LogP contribution in [0.3, 0.4) is 0 Å². The third kappa shape index (κ3) is 6.72. The molecule has 2 aromatic heterocycles. The molecule has 2 aliphatic rings. The van der Waals surface area contributed by atoms with Gasteiger partial charge in [0.1, 0.15) is 12.6 Å². The fourth-order valence-corrected chi connectivity index (χ4v) is 4.19. The van der Waals surface area contributed by atoms with E-state index in [9.17, 15) is 32.7 Å². The van der Waals surface area contributed by atoms with Gasteiger partial charge in [-0.3, -0.25) is 24.0 Å². The lowest BCUT2D eigenvalue weighted by Gasteiger charge is -2.27. The highest BCUT2D eigenvalue weighted by atomic mass is 19.4. The lowest BCUT2D eigenvalue weighted by atomic mass is 10.1. The zero-order valence-corrected chi connectivity index (χ0v) is 20.0. The second kappa shape index (κ2) is 10.3. The maximum absolute atomic E-state index is 13.1. The Balaban J connectivity index is 0.000000479. The summed E-state index contributed by atoms with van der Waals surface area (Å²) in [5.41, 5.74) is 5.17. The first-order chi connectivity index (χ1) is 17.1. The van der Waals surface area contributed by atoms with Crippen molar-refractivity contribution in [2.24, 2.45) is 11.7 Å². The van der Waals surface area contributed by atoms with E-state index in [2.05, 4.69) is 15.4 Å². The average Bonchev–Trinajstić information content (AvgIpc) is 3.28. The van der Waals surface area contributed by atoms with Crippen LogP contribution in [0, 0.1) is 5.92 Å². The number of hydrogen-bond donors (Lipinski definition) is 4. The number of piperidine rings is 1. The van der Waals surface area contributed by atoms with Crippen LogP contribution in [0.1, 0.15) is 43.6 Å². The van der Waals surface area contributed by atoms with Gasteiger partial charge in [-0.2, -0.15) is 18.3 Å². The number of nitrogens with two attached hydrogens (primary N) is 1. The number of nitrogens with zero attached hydrogens (tertiary/aromatic N) is 4. The van der Waals surface area contributed by atoms with E-state index in [0.717, 1.165) is 6.42 Å². The van der Waals surface area contributed by atoms with Gasteiger partial charge in [0.2, 0.25) is 11.8 Å². The fraction of sp³-hybridized carbons (Fsp3) is 0.545. The van der Waals surface area contributed by atoms with E-state index in [1.807, 2.05) is 0 Å². The van der Waals surface area contributed by atoms with Crippen molar-refractivity contribution < 1.29 is 42.6 Å². The van der Waals surface area contributed by atoms with E-state index in [1.54, 1.807) is 24.8 Å². The van der Waals surface area contributed by atoms with Crippen LogP contribution < -0.4 is 11.1 Å². The number of halogens is 3. The number of alkyl halides is 3. The van der Waals surface area contributed by atoms with Gasteiger partial charge in [0.15, 0.2) is 5.69 Å². The van der Waals surface area contributed by atoms with E-state index in [-0.39, 0.29) is 30.1 Å². The summed E-state index contributed by atoms with van der Waals surface area (Å²) in [4.78, 5) is 52.1. The Morgan fingerprint density at radius 3 is 2.43 bits per heavy atom. The SMILES string of the molecule is CC(C)(O)CCNC(=O)[C@@H]1C[C@H]2C[C@H]2N1C(=O)Cn1nc(C(N)=O)c2ccncc21.O=C(O)C(F)(F)F. The van der Waals surface area contributed by atoms with Crippen LogP contribution >= 0.6 is 0 Å². The summed E-state index contributed by atoms with van der Waals surface area (Å²) in [5.74, 6) is -3.52. The van der Waals surface area contributed by atoms with Gasteiger partial charge in [0.25, 0.3) is 5.91 Å². The first-order valence-corrected chi connectivity index (χ1v) is 11.3. The Morgan fingerprint density at radius 2 is 1.86 bits per heavy atom. The van der Waals surface area contributed by atoms with Gasteiger partial charge in [-0.1, -0.05) is 0 Å². The van der Waals surface area contributed by atoms with Gasteiger partial charge in [-0.15, -0.1) is 0 Å². The molecule has 0 spiro atoms. The van der Waals surface area contributed by atoms with E-state index < -0.39 is 29.7 Å². The maximum atomic E-state index is 13.1. The number of carbonyl (C=O) groups excluding carboxylic acids is 3. The minimum Gasteiger partial charge on any atom is -0.475 e. The minimum absolute atomic E-state index is 0.0677. The molecule has 1 aliphatic carbocycles. The van der Waals surface area contributed by atoms with Crippen LogP contribution in [-0.2, 0) is 20.9 Å². The molecule has 5 N–H and O–H groups in total. The highest BCUT2D eigenvalue weighted by Gasteiger charge is 2.56. The Bertz CT molecular complexity index is 1210. The van der Waals surface area contributed by atoms with Crippen molar-refractivity contribution >= 4 is 34.6 Å². The molecule has 0 bridgehead atoms. The lowest BCUT2D eigenvalue weighted by Crippen LogP contribution is -2.49. The topological polar surface area (TPSA) is 181 Å². The van der Waals surface area contributed by atoms with Gasteiger partial charge < -0.3 is 26.2 Å². The fourth-order valence-electron chi connectivity index (χ4n) is 4.19. The normalized spacial score (nSPS) is 20.6. The highest BCUT2D eigenvalue weighted by Crippen LogP contribution is 2.48. The molecule has 2 fully saturated rings. The first-order valence-electron chi connectivity index (χ1n) is 11.3. The van der Waals surface area contributed by atoms with E-state index in [0.29, 0.717) is 36.2 Å². The smallest absolute Gasteiger partial charge is 0.475 e. The predicted octanol–water partition coefficient (Wildman–Crippen LogP) is 0.430. The molecule has 0 radical (unpaired) electrons. The number of nitrogens with one attached hydrogen (secondary N) is 1. The molecular formula is C22H27F3N6O6. The van der Waals surface area contributed by atoms with Crippen LogP contribution in [0.25, 0.3) is 10.9 Å². The zero-order valence-electron chi connectivity index (χ0n) is 20.0. The van der Waals surface area contributed by atoms with Crippen molar-refractivity contribution in [2.45, 2.75) is 63.5 Å². The monoisotopic (exact) mass is 528 g/mol. The molecule has 1 aliphatic heterocycles. The van der Waals surface area contributed by atoms with E-state index >= 15 is 0 Å². The molecule has 3 atom stereocenters. The third-order valence-electron chi connectivity index (χ3n) is 6.05. The van der Waals surface area contributed by atoms with Gasteiger partial charge in [-0.25, -0.2) is 4.79 Å². The number of aromatic nitrogens is 3. The summed E-state index contributed by atoms with van der Waals surface area (Å²) in [7, 11) is 0. The number of primary amides is 1. The van der Waals surface area contributed by atoms with Gasteiger partial charge in [-0.05, 0) is 45.1 Å².